The predicted molar refractivity (Wildman–Crippen MR) is 80.9 cm³/mol. The minimum absolute atomic E-state index is 0.0312. The Kier molecular flexibility index (Phi) is 5.52. The summed E-state index contributed by atoms with van der Waals surface area (Å²) in [6.45, 7) is 4.48. The van der Waals surface area contributed by atoms with E-state index in [1.54, 1.807) is 18.2 Å². The molecule has 7 N–H and O–H groups in total. The highest BCUT2D eigenvalue weighted by atomic mass is 16.1. The van der Waals surface area contributed by atoms with Gasteiger partial charge in [-0.2, -0.15) is 4.99 Å². The van der Waals surface area contributed by atoms with Gasteiger partial charge < -0.3 is 22.5 Å². The second-order valence-electron chi connectivity index (χ2n) is 4.26. The molecule has 0 aliphatic rings. The number of aliphatic imine (C=N–C) groups is 2. The SMILES string of the molecule is CCCNC(=O)c1ccc(N=C(N)N=C(N)N)c(C)c1. The zero-order valence-corrected chi connectivity index (χ0v) is 11.7. The zero-order chi connectivity index (χ0) is 15.1. The van der Waals surface area contributed by atoms with Gasteiger partial charge in [0.15, 0.2) is 5.96 Å². The Morgan fingerprint density at radius 1 is 1.30 bits per heavy atom. The van der Waals surface area contributed by atoms with Gasteiger partial charge in [0.2, 0.25) is 5.96 Å². The number of aryl methyl sites for hydroxylation is 1. The molecule has 7 heteroatoms. The number of hydrogen-bond donors (Lipinski definition) is 4. The average Bonchev–Trinajstić information content (AvgIpc) is 2.37. The Balaban J connectivity index is 2.94. The number of nitrogens with zero attached hydrogens (tertiary/aromatic N) is 2. The highest BCUT2D eigenvalue weighted by Crippen LogP contribution is 2.19. The molecule has 1 amide bonds. The molecule has 0 atom stereocenters. The van der Waals surface area contributed by atoms with Crippen LogP contribution in [0.15, 0.2) is 28.2 Å². The van der Waals surface area contributed by atoms with Crippen LogP contribution in [-0.4, -0.2) is 24.4 Å². The van der Waals surface area contributed by atoms with Gasteiger partial charge in [-0.1, -0.05) is 6.92 Å². The van der Waals surface area contributed by atoms with E-state index in [9.17, 15) is 4.79 Å². The van der Waals surface area contributed by atoms with Gasteiger partial charge in [-0.05, 0) is 37.1 Å². The first-order valence-electron chi connectivity index (χ1n) is 6.26. The summed E-state index contributed by atoms with van der Waals surface area (Å²) in [6, 6.07) is 5.12. The van der Waals surface area contributed by atoms with E-state index in [0.29, 0.717) is 17.8 Å². The van der Waals surface area contributed by atoms with E-state index in [2.05, 4.69) is 15.3 Å². The molecule has 0 radical (unpaired) electrons. The van der Waals surface area contributed by atoms with Gasteiger partial charge in [0, 0.05) is 12.1 Å². The quantitative estimate of drug-likeness (QED) is 0.466. The first kappa shape index (κ1) is 15.5. The minimum Gasteiger partial charge on any atom is -0.370 e. The molecule has 108 valence electrons. The van der Waals surface area contributed by atoms with E-state index in [-0.39, 0.29) is 17.8 Å². The number of guanidine groups is 2. The Bertz CT molecular complexity index is 546. The lowest BCUT2D eigenvalue weighted by Gasteiger charge is -2.06. The standard InChI is InChI=1S/C13H20N6O/c1-3-6-17-11(20)9-4-5-10(8(2)7-9)18-13(16)19-12(14)15/h4-5,7H,3,6H2,1-2H3,(H,17,20)(H6,14,15,16,18,19). The van der Waals surface area contributed by atoms with Crippen molar-refractivity contribution in [2.24, 2.45) is 27.2 Å². The van der Waals surface area contributed by atoms with Crippen molar-refractivity contribution < 1.29 is 4.79 Å². The Morgan fingerprint density at radius 3 is 2.55 bits per heavy atom. The average molecular weight is 276 g/mol. The maximum atomic E-state index is 11.8. The van der Waals surface area contributed by atoms with E-state index in [1.165, 1.54) is 0 Å². The van der Waals surface area contributed by atoms with Gasteiger partial charge in [-0.3, -0.25) is 4.79 Å². The van der Waals surface area contributed by atoms with Gasteiger partial charge in [0.25, 0.3) is 5.91 Å². The van der Waals surface area contributed by atoms with Crippen LogP contribution in [0.25, 0.3) is 0 Å². The highest BCUT2D eigenvalue weighted by molar-refractivity contribution is 5.96. The van der Waals surface area contributed by atoms with Gasteiger partial charge in [0.05, 0.1) is 5.69 Å². The first-order valence-corrected chi connectivity index (χ1v) is 6.26. The van der Waals surface area contributed by atoms with Crippen LogP contribution in [0, 0.1) is 6.92 Å². The number of rotatable bonds is 4. The van der Waals surface area contributed by atoms with Crippen molar-refractivity contribution in [3.63, 3.8) is 0 Å². The second-order valence-corrected chi connectivity index (χ2v) is 4.26. The van der Waals surface area contributed by atoms with Gasteiger partial charge in [-0.25, -0.2) is 4.99 Å². The van der Waals surface area contributed by atoms with Crippen molar-refractivity contribution in [3.8, 4) is 0 Å². The van der Waals surface area contributed by atoms with Gasteiger partial charge in [0.1, 0.15) is 0 Å². The molecule has 0 heterocycles. The van der Waals surface area contributed by atoms with Crippen LogP contribution in [0.3, 0.4) is 0 Å². The Labute approximate surface area is 118 Å². The van der Waals surface area contributed by atoms with Crippen LogP contribution in [0.2, 0.25) is 0 Å². The number of nitrogens with one attached hydrogen (secondary N) is 1. The minimum atomic E-state index is -0.153. The molecule has 0 fully saturated rings. The molecule has 7 nitrogen and oxygen atoms in total. The lowest BCUT2D eigenvalue weighted by Crippen LogP contribution is -2.26. The molecule has 0 bridgehead atoms. The molecule has 0 aromatic heterocycles. The predicted octanol–water partition coefficient (Wildman–Crippen LogP) is 0.354. The fourth-order valence-corrected chi connectivity index (χ4v) is 1.54. The topological polar surface area (TPSA) is 132 Å². The van der Waals surface area contributed by atoms with E-state index in [4.69, 9.17) is 17.2 Å². The van der Waals surface area contributed by atoms with E-state index in [0.717, 1.165) is 12.0 Å². The van der Waals surface area contributed by atoms with E-state index in [1.807, 2.05) is 13.8 Å². The fraction of sp³-hybridized carbons (Fsp3) is 0.308. The van der Waals surface area contributed by atoms with Crippen molar-refractivity contribution in [2.75, 3.05) is 6.54 Å². The lowest BCUT2D eigenvalue weighted by molar-refractivity contribution is 0.0953. The smallest absolute Gasteiger partial charge is 0.251 e. The number of nitrogens with two attached hydrogens (primary N) is 3. The summed E-state index contributed by atoms with van der Waals surface area (Å²) in [4.78, 5) is 19.5. The normalized spacial score (nSPS) is 11.0. The number of carbonyl (C=O) groups excluding carboxylic acids is 1. The molecule has 1 aromatic carbocycles. The first-order chi connectivity index (χ1) is 9.43. The third-order valence-corrected chi connectivity index (χ3v) is 2.47. The number of carbonyl (C=O) groups is 1. The summed E-state index contributed by atoms with van der Waals surface area (Å²) in [7, 11) is 0. The molecule has 0 aliphatic carbocycles. The number of hydrogen-bond acceptors (Lipinski definition) is 2. The summed E-state index contributed by atoms with van der Waals surface area (Å²) in [5.74, 6) is -0.293. The number of benzene rings is 1. The number of amides is 1. The van der Waals surface area contributed by atoms with Crippen LogP contribution in [-0.2, 0) is 0 Å². The van der Waals surface area contributed by atoms with Gasteiger partial charge in [-0.15, -0.1) is 0 Å². The summed E-state index contributed by atoms with van der Waals surface area (Å²) < 4.78 is 0. The van der Waals surface area contributed by atoms with Crippen molar-refractivity contribution in [3.05, 3.63) is 29.3 Å². The molecule has 0 aliphatic heterocycles. The van der Waals surface area contributed by atoms with E-state index < -0.39 is 0 Å². The molecule has 0 spiro atoms. The Hall–Kier alpha value is -2.57. The third-order valence-electron chi connectivity index (χ3n) is 2.47. The van der Waals surface area contributed by atoms with Crippen molar-refractivity contribution in [1.82, 2.24) is 5.32 Å². The molecule has 0 unspecified atom stereocenters. The van der Waals surface area contributed by atoms with Crippen molar-refractivity contribution in [1.29, 1.82) is 0 Å². The van der Waals surface area contributed by atoms with Gasteiger partial charge >= 0.3 is 0 Å². The lowest BCUT2D eigenvalue weighted by atomic mass is 10.1. The summed E-state index contributed by atoms with van der Waals surface area (Å²) in [6.07, 6.45) is 0.891. The Morgan fingerprint density at radius 2 is 2.00 bits per heavy atom. The van der Waals surface area contributed by atoms with Crippen molar-refractivity contribution >= 4 is 23.5 Å². The summed E-state index contributed by atoms with van der Waals surface area (Å²) in [5, 5.41) is 2.81. The maximum absolute atomic E-state index is 11.8. The van der Waals surface area contributed by atoms with Crippen LogP contribution < -0.4 is 22.5 Å². The molecular formula is C13H20N6O. The third kappa shape index (κ3) is 4.60. The van der Waals surface area contributed by atoms with Crippen LogP contribution >= 0.6 is 0 Å². The van der Waals surface area contributed by atoms with Crippen LogP contribution in [0.4, 0.5) is 5.69 Å². The zero-order valence-electron chi connectivity index (χ0n) is 11.7. The van der Waals surface area contributed by atoms with Crippen LogP contribution in [0.1, 0.15) is 29.3 Å². The highest BCUT2D eigenvalue weighted by Gasteiger charge is 2.07. The fourth-order valence-electron chi connectivity index (χ4n) is 1.54. The summed E-state index contributed by atoms with van der Waals surface area (Å²) >= 11 is 0. The van der Waals surface area contributed by atoms with Crippen LogP contribution in [0.5, 0.6) is 0 Å². The maximum Gasteiger partial charge on any atom is 0.251 e. The molecule has 0 saturated heterocycles. The largest absolute Gasteiger partial charge is 0.370 e. The molecule has 1 rings (SSSR count). The molecule has 0 saturated carbocycles. The molecule has 20 heavy (non-hydrogen) atoms. The van der Waals surface area contributed by atoms with Crippen molar-refractivity contribution in [2.45, 2.75) is 20.3 Å². The second kappa shape index (κ2) is 7.13. The van der Waals surface area contributed by atoms with E-state index >= 15 is 0 Å². The summed E-state index contributed by atoms with van der Waals surface area (Å²) in [5.41, 5.74) is 18.0. The molecular weight excluding hydrogens is 256 g/mol. The monoisotopic (exact) mass is 276 g/mol. The molecule has 1 aromatic rings.